The average Bonchev–Trinajstić information content (AvgIpc) is 2.37. The summed E-state index contributed by atoms with van der Waals surface area (Å²) in [5, 5.41) is 3.47. The van der Waals surface area contributed by atoms with E-state index >= 15 is 0 Å². The Morgan fingerprint density at radius 1 is 1.06 bits per heavy atom. The van der Waals surface area contributed by atoms with Gasteiger partial charge in [-0.05, 0) is 24.1 Å². The molecule has 0 spiro atoms. The van der Waals surface area contributed by atoms with Crippen LogP contribution in [0.3, 0.4) is 0 Å². The van der Waals surface area contributed by atoms with Crippen LogP contribution in [0.25, 0.3) is 11.1 Å². The molecule has 1 nitrogen and oxygen atoms in total. The minimum atomic E-state index is 0.996. The second-order valence-electron chi connectivity index (χ2n) is 3.98. The fraction of sp³-hybridized carbons (Fsp3) is 0.200. The molecule has 0 aliphatic heterocycles. The maximum Gasteiger partial charge on any atom is 0.0431 e. The highest BCUT2D eigenvalue weighted by Crippen LogP contribution is 2.30. The van der Waals surface area contributed by atoms with Gasteiger partial charge in [0.25, 0.3) is 0 Å². The van der Waals surface area contributed by atoms with Crippen molar-refractivity contribution >= 4 is 21.6 Å². The molecule has 0 radical (unpaired) electrons. The van der Waals surface area contributed by atoms with Crippen molar-refractivity contribution in [3.8, 4) is 11.1 Å². The van der Waals surface area contributed by atoms with Crippen LogP contribution >= 0.6 is 15.9 Å². The second-order valence-corrected chi connectivity index (χ2v) is 4.90. The summed E-state index contributed by atoms with van der Waals surface area (Å²) < 4.78 is 1.11. The summed E-state index contributed by atoms with van der Waals surface area (Å²) >= 11 is 3.52. The molecule has 2 heteroatoms. The Balaban J connectivity index is 2.39. The van der Waals surface area contributed by atoms with E-state index in [1.807, 2.05) is 6.07 Å². The predicted octanol–water partition coefficient (Wildman–Crippen LogP) is 4.94. The maximum atomic E-state index is 3.52. The normalized spacial score (nSPS) is 10.2. The van der Waals surface area contributed by atoms with E-state index in [9.17, 15) is 0 Å². The lowest BCUT2D eigenvalue weighted by atomic mass is 10.0. The van der Waals surface area contributed by atoms with Gasteiger partial charge in [-0.2, -0.15) is 0 Å². The van der Waals surface area contributed by atoms with Crippen molar-refractivity contribution in [2.24, 2.45) is 0 Å². The van der Waals surface area contributed by atoms with Gasteiger partial charge in [-0.3, -0.25) is 0 Å². The monoisotopic (exact) mass is 289 g/mol. The third-order valence-corrected chi connectivity index (χ3v) is 3.13. The fourth-order valence-electron chi connectivity index (χ4n) is 1.79. The summed E-state index contributed by atoms with van der Waals surface area (Å²) in [5.41, 5.74) is 3.69. The zero-order valence-corrected chi connectivity index (χ0v) is 11.5. The molecule has 0 saturated carbocycles. The summed E-state index contributed by atoms with van der Waals surface area (Å²) in [7, 11) is 0. The Hall–Kier alpha value is -1.28. The van der Waals surface area contributed by atoms with Crippen molar-refractivity contribution in [1.29, 1.82) is 0 Å². The summed E-state index contributed by atoms with van der Waals surface area (Å²) in [6.45, 7) is 3.17. The van der Waals surface area contributed by atoms with Gasteiger partial charge in [0.05, 0.1) is 0 Å². The predicted molar refractivity (Wildman–Crippen MR) is 78.4 cm³/mol. The number of nitrogens with one attached hydrogen (secondary N) is 1. The molecule has 2 rings (SSSR count). The van der Waals surface area contributed by atoms with Crippen molar-refractivity contribution in [3.63, 3.8) is 0 Å². The topological polar surface area (TPSA) is 12.0 Å². The number of rotatable bonds is 4. The second kappa shape index (κ2) is 5.87. The summed E-state index contributed by atoms with van der Waals surface area (Å²) in [4.78, 5) is 0. The molecule has 0 unspecified atom stereocenters. The van der Waals surface area contributed by atoms with Crippen LogP contribution in [-0.2, 0) is 0 Å². The van der Waals surface area contributed by atoms with Crippen LogP contribution < -0.4 is 5.32 Å². The summed E-state index contributed by atoms with van der Waals surface area (Å²) in [6.07, 6.45) is 1.13. The third kappa shape index (κ3) is 3.10. The fourth-order valence-corrected chi connectivity index (χ4v) is 2.15. The molecule has 2 aromatic carbocycles. The van der Waals surface area contributed by atoms with E-state index in [0.717, 1.165) is 17.4 Å². The molecule has 0 heterocycles. The molecule has 0 aromatic heterocycles. The van der Waals surface area contributed by atoms with Gasteiger partial charge < -0.3 is 5.32 Å². The summed E-state index contributed by atoms with van der Waals surface area (Å²) in [5.74, 6) is 0. The number of hydrogen-bond donors (Lipinski definition) is 1. The first kappa shape index (κ1) is 12.2. The van der Waals surface area contributed by atoms with Gasteiger partial charge in [-0.15, -0.1) is 0 Å². The maximum absolute atomic E-state index is 3.52. The molecule has 17 heavy (non-hydrogen) atoms. The highest BCUT2D eigenvalue weighted by Gasteiger charge is 2.04. The number of halogens is 1. The zero-order chi connectivity index (χ0) is 12.1. The molecule has 0 fully saturated rings. The van der Waals surface area contributed by atoms with E-state index in [1.165, 1.54) is 16.8 Å². The quantitative estimate of drug-likeness (QED) is 0.841. The molecular formula is C15H16BrN. The van der Waals surface area contributed by atoms with E-state index in [-0.39, 0.29) is 0 Å². The largest absolute Gasteiger partial charge is 0.385 e. The van der Waals surface area contributed by atoms with Crippen LogP contribution in [0.15, 0.2) is 53.0 Å². The van der Waals surface area contributed by atoms with E-state index in [1.54, 1.807) is 0 Å². The number of hydrogen-bond acceptors (Lipinski definition) is 1. The molecule has 2 aromatic rings. The van der Waals surface area contributed by atoms with Gasteiger partial charge in [-0.1, -0.05) is 59.3 Å². The van der Waals surface area contributed by atoms with Crippen molar-refractivity contribution in [2.75, 3.05) is 11.9 Å². The molecule has 88 valence electrons. The van der Waals surface area contributed by atoms with Crippen molar-refractivity contribution < 1.29 is 0 Å². The lowest BCUT2D eigenvalue weighted by molar-refractivity contribution is 0.980. The Bertz CT molecular complexity index is 480. The van der Waals surface area contributed by atoms with Crippen LogP contribution in [0, 0.1) is 0 Å². The first-order valence-corrected chi connectivity index (χ1v) is 6.69. The molecule has 0 amide bonds. The van der Waals surface area contributed by atoms with Crippen LogP contribution in [0.4, 0.5) is 5.69 Å². The Labute approximate surface area is 111 Å². The third-order valence-electron chi connectivity index (χ3n) is 2.63. The molecule has 0 saturated heterocycles. The van der Waals surface area contributed by atoms with Crippen LogP contribution in [0.1, 0.15) is 13.3 Å². The molecular weight excluding hydrogens is 274 g/mol. The number of benzene rings is 2. The van der Waals surface area contributed by atoms with E-state index < -0.39 is 0 Å². The van der Waals surface area contributed by atoms with E-state index in [2.05, 4.69) is 70.6 Å². The Morgan fingerprint density at radius 2 is 1.82 bits per heavy atom. The average molecular weight is 290 g/mol. The SMILES string of the molecule is CCCNc1cc(Br)ccc1-c1ccccc1. The molecule has 0 bridgehead atoms. The number of anilines is 1. The van der Waals surface area contributed by atoms with Gasteiger partial charge >= 0.3 is 0 Å². The van der Waals surface area contributed by atoms with Crippen molar-refractivity contribution in [2.45, 2.75) is 13.3 Å². The summed E-state index contributed by atoms with van der Waals surface area (Å²) in [6, 6.07) is 16.8. The van der Waals surface area contributed by atoms with Gasteiger partial charge in [0, 0.05) is 22.3 Å². The van der Waals surface area contributed by atoms with Crippen molar-refractivity contribution in [3.05, 3.63) is 53.0 Å². The van der Waals surface area contributed by atoms with E-state index in [0.29, 0.717) is 0 Å². The minimum absolute atomic E-state index is 0.996. The molecule has 0 atom stereocenters. The van der Waals surface area contributed by atoms with Gasteiger partial charge in [0.1, 0.15) is 0 Å². The molecule has 0 aliphatic carbocycles. The van der Waals surface area contributed by atoms with Gasteiger partial charge in [0.2, 0.25) is 0 Å². The van der Waals surface area contributed by atoms with Crippen LogP contribution in [0.2, 0.25) is 0 Å². The smallest absolute Gasteiger partial charge is 0.0431 e. The van der Waals surface area contributed by atoms with E-state index in [4.69, 9.17) is 0 Å². The lowest BCUT2D eigenvalue weighted by Gasteiger charge is -2.12. The molecule has 0 aliphatic rings. The standard InChI is InChI=1S/C15H16BrN/c1-2-10-17-15-11-13(16)8-9-14(15)12-6-4-3-5-7-12/h3-9,11,17H,2,10H2,1H3. The molecule has 1 N–H and O–H groups in total. The Kier molecular flexibility index (Phi) is 4.21. The first-order chi connectivity index (χ1) is 8.31. The lowest BCUT2D eigenvalue weighted by Crippen LogP contribution is -2.01. The first-order valence-electron chi connectivity index (χ1n) is 5.90. The van der Waals surface area contributed by atoms with Gasteiger partial charge in [0.15, 0.2) is 0 Å². The van der Waals surface area contributed by atoms with Crippen LogP contribution in [0.5, 0.6) is 0 Å². The highest BCUT2D eigenvalue weighted by molar-refractivity contribution is 9.10. The minimum Gasteiger partial charge on any atom is -0.385 e. The zero-order valence-electron chi connectivity index (χ0n) is 9.91. The Morgan fingerprint density at radius 3 is 2.53 bits per heavy atom. The van der Waals surface area contributed by atoms with Crippen molar-refractivity contribution in [1.82, 2.24) is 0 Å². The van der Waals surface area contributed by atoms with Gasteiger partial charge in [-0.25, -0.2) is 0 Å². The van der Waals surface area contributed by atoms with Crippen LogP contribution in [-0.4, -0.2) is 6.54 Å². The highest BCUT2D eigenvalue weighted by atomic mass is 79.9.